The summed E-state index contributed by atoms with van der Waals surface area (Å²) in [6.45, 7) is 6.16. The molecule has 0 aromatic rings. The Morgan fingerprint density at radius 1 is 1.08 bits per heavy atom. The lowest BCUT2D eigenvalue weighted by atomic mass is 9.82. The maximum absolute atomic E-state index is 11.4. The highest BCUT2D eigenvalue weighted by molar-refractivity contribution is 7.89. The van der Waals surface area contributed by atoms with Gasteiger partial charge >= 0.3 is 0 Å². The Kier molecular flexibility index (Phi) is 4.92. The van der Waals surface area contributed by atoms with Crippen molar-refractivity contribution in [2.45, 2.75) is 40.0 Å². The van der Waals surface area contributed by atoms with E-state index in [1.165, 1.54) is 7.05 Å². The smallest absolute Gasteiger partial charge is 0.211 e. The maximum Gasteiger partial charge on any atom is 0.211 e. The molecule has 0 rings (SSSR count). The second-order valence-electron chi connectivity index (χ2n) is 3.52. The first-order valence-corrected chi connectivity index (χ1v) is 6.51. The van der Waals surface area contributed by atoms with E-state index in [1.807, 2.05) is 0 Å². The zero-order valence-corrected chi connectivity index (χ0v) is 9.87. The molecule has 1 N–H and O–H groups in total. The summed E-state index contributed by atoms with van der Waals surface area (Å²) in [7, 11) is -1.59. The van der Waals surface area contributed by atoms with Gasteiger partial charge in [-0.05, 0) is 31.7 Å². The van der Waals surface area contributed by atoms with Crippen LogP contribution in [-0.2, 0) is 10.0 Å². The number of nitrogens with one attached hydrogen (secondary N) is 1. The van der Waals surface area contributed by atoms with Crippen molar-refractivity contribution in [3.05, 3.63) is 0 Å². The fourth-order valence-corrected chi connectivity index (χ4v) is 3.09. The highest BCUT2D eigenvalue weighted by Crippen LogP contribution is 2.31. The van der Waals surface area contributed by atoms with Gasteiger partial charge in [-0.2, -0.15) is 0 Å². The molecule has 0 aliphatic heterocycles. The van der Waals surface area contributed by atoms with Gasteiger partial charge in [-0.1, -0.05) is 20.8 Å². The lowest BCUT2D eigenvalue weighted by Gasteiger charge is -2.29. The first kappa shape index (κ1) is 12.9. The van der Waals surface area contributed by atoms with Gasteiger partial charge < -0.3 is 0 Å². The molecule has 0 unspecified atom stereocenters. The standard InChI is InChI=1S/C9H21NO2S/c1-5-9(6-2,7-3)8-13(11,12)10-4/h10H,5-8H2,1-4H3. The van der Waals surface area contributed by atoms with Crippen molar-refractivity contribution < 1.29 is 8.42 Å². The third-order valence-electron chi connectivity index (χ3n) is 3.06. The van der Waals surface area contributed by atoms with Gasteiger partial charge in [0.05, 0.1) is 5.75 Å². The van der Waals surface area contributed by atoms with Crippen LogP contribution >= 0.6 is 0 Å². The van der Waals surface area contributed by atoms with Gasteiger partial charge in [-0.3, -0.25) is 0 Å². The van der Waals surface area contributed by atoms with E-state index >= 15 is 0 Å². The summed E-state index contributed by atoms with van der Waals surface area (Å²) in [5, 5.41) is 0. The molecule has 3 nitrogen and oxygen atoms in total. The van der Waals surface area contributed by atoms with Crippen molar-refractivity contribution in [1.82, 2.24) is 4.72 Å². The van der Waals surface area contributed by atoms with Gasteiger partial charge in [0.25, 0.3) is 0 Å². The van der Waals surface area contributed by atoms with Crippen LogP contribution in [0.15, 0.2) is 0 Å². The van der Waals surface area contributed by atoms with Crippen molar-refractivity contribution in [2.24, 2.45) is 5.41 Å². The maximum atomic E-state index is 11.4. The van der Waals surface area contributed by atoms with Crippen LogP contribution in [0.5, 0.6) is 0 Å². The van der Waals surface area contributed by atoms with Crippen molar-refractivity contribution >= 4 is 10.0 Å². The fraction of sp³-hybridized carbons (Fsp3) is 1.00. The highest BCUT2D eigenvalue weighted by atomic mass is 32.2. The van der Waals surface area contributed by atoms with Crippen molar-refractivity contribution in [1.29, 1.82) is 0 Å². The third-order valence-corrected chi connectivity index (χ3v) is 4.67. The van der Waals surface area contributed by atoms with Crippen molar-refractivity contribution in [2.75, 3.05) is 12.8 Å². The molecule has 0 heterocycles. The lowest BCUT2D eigenvalue weighted by Crippen LogP contribution is -2.34. The molecule has 0 amide bonds. The van der Waals surface area contributed by atoms with Crippen LogP contribution in [0.4, 0.5) is 0 Å². The fourth-order valence-electron chi connectivity index (χ4n) is 1.53. The SMILES string of the molecule is CCC(CC)(CC)CS(=O)(=O)NC. The number of hydrogen-bond acceptors (Lipinski definition) is 2. The monoisotopic (exact) mass is 207 g/mol. The normalized spacial score (nSPS) is 13.2. The molecule has 13 heavy (non-hydrogen) atoms. The first-order chi connectivity index (χ1) is 5.95. The van der Waals surface area contributed by atoms with Gasteiger partial charge in [0, 0.05) is 0 Å². The van der Waals surface area contributed by atoms with Crippen molar-refractivity contribution in [3.8, 4) is 0 Å². The van der Waals surface area contributed by atoms with Crippen LogP contribution < -0.4 is 4.72 Å². The first-order valence-electron chi connectivity index (χ1n) is 4.86. The van der Waals surface area contributed by atoms with Crippen molar-refractivity contribution in [3.63, 3.8) is 0 Å². The summed E-state index contributed by atoms with van der Waals surface area (Å²) in [5.74, 6) is 0.250. The molecular formula is C9H21NO2S. The second kappa shape index (κ2) is 4.96. The minimum atomic E-state index is -3.06. The zero-order chi connectivity index (χ0) is 10.5. The van der Waals surface area contributed by atoms with Crippen LogP contribution in [0, 0.1) is 5.41 Å². The average Bonchev–Trinajstić information content (AvgIpc) is 2.14. The third kappa shape index (κ3) is 3.65. The van der Waals surface area contributed by atoms with E-state index < -0.39 is 10.0 Å². The zero-order valence-electron chi connectivity index (χ0n) is 9.05. The molecule has 0 spiro atoms. The summed E-state index contributed by atoms with van der Waals surface area (Å²) >= 11 is 0. The minimum Gasteiger partial charge on any atom is -0.218 e. The Morgan fingerprint density at radius 2 is 1.46 bits per heavy atom. The predicted octanol–water partition coefficient (Wildman–Crippen LogP) is 1.75. The van der Waals surface area contributed by atoms with Gasteiger partial charge in [0.2, 0.25) is 10.0 Å². The van der Waals surface area contributed by atoms with E-state index in [0.29, 0.717) is 0 Å². The molecule has 4 heteroatoms. The molecule has 0 saturated heterocycles. The number of hydrogen-bond donors (Lipinski definition) is 1. The molecule has 0 saturated carbocycles. The number of rotatable bonds is 6. The summed E-state index contributed by atoms with van der Waals surface area (Å²) in [6, 6.07) is 0. The van der Waals surface area contributed by atoms with Gasteiger partial charge in [0.15, 0.2) is 0 Å². The molecule has 0 fully saturated rings. The van der Waals surface area contributed by atoms with E-state index in [1.54, 1.807) is 0 Å². The molecule has 0 aromatic carbocycles. The topological polar surface area (TPSA) is 46.2 Å². The van der Waals surface area contributed by atoms with E-state index in [0.717, 1.165) is 19.3 Å². The highest BCUT2D eigenvalue weighted by Gasteiger charge is 2.29. The van der Waals surface area contributed by atoms with Gasteiger partial charge in [-0.25, -0.2) is 13.1 Å². The quantitative estimate of drug-likeness (QED) is 0.721. The molecule has 0 aromatic heterocycles. The Bertz CT molecular complexity index is 222. The van der Waals surface area contributed by atoms with E-state index in [2.05, 4.69) is 25.5 Å². The van der Waals surface area contributed by atoms with Gasteiger partial charge in [-0.15, -0.1) is 0 Å². The molecule has 0 bridgehead atoms. The van der Waals surface area contributed by atoms with Crippen LogP contribution in [0.25, 0.3) is 0 Å². The Balaban J connectivity index is 4.61. The van der Waals surface area contributed by atoms with Crippen LogP contribution in [0.2, 0.25) is 0 Å². The number of sulfonamides is 1. The largest absolute Gasteiger partial charge is 0.218 e. The summed E-state index contributed by atoms with van der Waals surface area (Å²) < 4.78 is 25.1. The Labute approximate surface area is 82.0 Å². The average molecular weight is 207 g/mol. The molecule has 0 radical (unpaired) electrons. The van der Waals surface area contributed by atoms with Crippen LogP contribution in [0.3, 0.4) is 0 Å². The van der Waals surface area contributed by atoms with Crippen LogP contribution in [0.1, 0.15) is 40.0 Å². The second-order valence-corrected chi connectivity index (χ2v) is 5.45. The molecular weight excluding hydrogens is 186 g/mol. The van der Waals surface area contributed by atoms with Gasteiger partial charge in [0.1, 0.15) is 0 Å². The minimum absolute atomic E-state index is 0.0398. The van der Waals surface area contributed by atoms with Crippen LogP contribution in [-0.4, -0.2) is 21.2 Å². The molecule has 0 atom stereocenters. The molecule has 80 valence electrons. The van der Waals surface area contributed by atoms with E-state index in [4.69, 9.17) is 0 Å². The summed E-state index contributed by atoms with van der Waals surface area (Å²) in [6.07, 6.45) is 2.75. The molecule has 0 aliphatic carbocycles. The van der Waals surface area contributed by atoms with E-state index in [9.17, 15) is 8.42 Å². The summed E-state index contributed by atoms with van der Waals surface area (Å²) in [4.78, 5) is 0. The Hall–Kier alpha value is -0.0900. The predicted molar refractivity (Wildman–Crippen MR) is 56.2 cm³/mol. The summed E-state index contributed by atoms with van der Waals surface area (Å²) in [5.41, 5.74) is -0.0398. The lowest BCUT2D eigenvalue weighted by molar-refractivity contribution is 0.288. The molecule has 0 aliphatic rings. The van der Waals surface area contributed by atoms with E-state index in [-0.39, 0.29) is 11.2 Å². The Morgan fingerprint density at radius 3 is 1.69 bits per heavy atom.